The van der Waals surface area contributed by atoms with Crippen LogP contribution >= 0.6 is 11.6 Å². The lowest BCUT2D eigenvalue weighted by Gasteiger charge is -2.25. The Kier molecular flexibility index (Phi) is 6.73. The van der Waals surface area contributed by atoms with Gasteiger partial charge in [-0.2, -0.15) is 0 Å². The van der Waals surface area contributed by atoms with Crippen molar-refractivity contribution in [2.75, 3.05) is 0 Å². The third-order valence-corrected chi connectivity index (χ3v) is 3.95. The average Bonchev–Trinajstić information content (AvgIpc) is 2.37. The molecular weight excluding hydrogens is 242 g/mol. The van der Waals surface area contributed by atoms with Gasteiger partial charge in [-0.25, -0.2) is 0 Å². The Morgan fingerprint density at radius 3 is 2.44 bits per heavy atom. The number of rotatable bonds is 7. The Bertz CT molecular complexity index is 351. The third kappa shape index (κ3) is 4.99. The summed E-state index contributed by atoms with van der Waals surface area (Å²) >= 11 is 6.04. The van der Waals surface area contributed by atoms with E-state index in [1.54, 1.807) is 0 Å². The Morgan fingerprint density at radius 2 is 1.89 bits per heavy atom. The first-order valence-electron chi connectivity index (χ1n) is 7.08. The quantitative estimate of drug-likeness (QED) is 0.715. The van der Waals surface area contributed by atoms with Crippen molar-refractivity contribution in [3.05, 3.63) is 34.9 Å². The molecule has 0 amide bonds. The van der Waals surface area contributed by atoms with Crippen LogP contribution in [0.4, 0.5) is 0 Å². The summed E-state index contributed by atoms with van der Waals surface area (Å²) in [6.45, 7) is 9.06. The molecule has 3 atom stereocenters. The van der Waals surface area contributed by atoms with E-state index in [4.69, 9.17) is 11.6 Å². The molecule has 0 fully saturated rings. The van der Waals surface area contributed by atoms with Gasteiger partial charge in [-0.3, -0.25) is 0 Å². The summed E-state index contributed by atoms with van der Waals surface area (Å²) in [7, 11) is 0. The monoisotopic (exact) mass is 267 g/mol. The van der Waals surface area contributed by atoms with E-state index in [9.17, 15) is 0 Å². The second kappa shape index (κ2) is 7.81. The van der Waals surface area contributed by atoms with Crippen LogP contribution < -0.4 is 5.32 Å². The normalized spacial score (nSPS) is 16.3. The van der Waals surface area contributed by atoms with Crippen LogP contribution in [-0.2, 0) is 0 Å². The van der Waals surface area contributed by atoms with Crippen LogP contribution in [0.15, 0.2) is 24.3 Å². The van der Waals surface area contributed by atoms with Gasteiger partial charge in [-0.1, -0.05) is 50.9 Å². The first-order chi connectivity index (χ1) is 8.56. The topological polar surface area (TPSA) is 12.0 Å². The Hall–Kier alpha value is -0.530. The average molecular weight is 268 g/mol. The van der Waals surface area contributed by atoms with Gasteiger partial charge < -0.3 is 5.32 Å². The van der Waals surface area contributed by atoms with E-state index in [2.05, 4.69) is 45.1 Å². The van der Waals surface area contributed by atoms with Crippen molar-refractivity contribution < 1.29 is 0 Å². The first-order valence-corrected chi connectivity index (χ1v) is 7.46. The molecule has 18 heavy (non-hydrogen) atoms. The van der Waals surface area contributed by atoms with E-state index in [0.717, 1.165) is 10.9 Å². The number of nitrogens with one attached hydrogen (secondary N) is 1. The predicted octanol–water partition coefficient (Wildman–Crippen LogP) is 5.21. The van der Waals surface area contributed by atoms with Crippen LogP contribution in [0.3, 0.4) is 0 Å². The van der Waals surface area contributed by atoms with E-state index in [-0.39, 0.29) is 0 Å². The molecule has 0 aliphatic carbocycles. The minimum atomic E-state index is 0.359. The van der Waals surface area contributed by atoms with Crippen LogP contribution in [0.2, 0.25) is 5.02 Å². The summed E-state index contributed by atoms with van der Waals surface area (Å²) in [5, 5.41) is 4.53. The Labute approximate surface area is 117 Å². The second-order valence-corrected chi connectivity index (χ2v) is 5.73. The van der Waals surface area contributed by atoms with Crippen LogP contribution in [-0.4, -0.2) is 6.04 Å². The summed E-state index contributed by atoms with van der Waals surface area (Å²) in [6.07, 6.45) is 3.68. The van der Waals surface area contributed by atoms with Gasteiger partial charge in [0.05, 0.1) is 0 Å². The number of hydrogen-bond acceptors (Lipinski definition) is 1. The molecule has 102 valence electrons. The lowest BCUT2D eigenvalue weighted by molar-refractivity contribution is 0.359. The molecule has 0 radical (unpaired) electrons. The van der Waals surface area contributed by atoms with Gasteiger partial charge in [0.15, 0.2) is 0 Å². The fourth-order valence-electron chi connectivity index (χ4n) is 2.23. The van der Waals surface area contributed by atoms with Crippen LogP contribution in [0.5, 0.6) is 0 Å². The molecule has 2 heteroatoms. The summed E-state index contributed by atoms with van der Waals surface area (Å²) < 4.78 is 0. The van der Waals surface area contributed by atoms with Crippen LogP contribution in [0, 0.1) is 5.92 Å². The van der Waals surface area contributed by atoms with Gasteiger partial charge in [0.2, 0.25) is 0 Å². The molecule has 0 heterocycles. The molecule has 0 aromatic heterocycles. The third-order valence-electron chi connectivity index (χ3n) is 3.71. The lowest BCUT2D eigenvalue weighted by atomic mass is 9.96. The molecule has 0 spiro atoms. The van der Waals surface area contributed by atoms with Gasteiger partial charge >= 0.3 is 0 Å². The SMILES string of the molecule is CCC(C)CC(CC)N[C@H](C)c1cccc(Cl)c1. The van der Waals surface area contributed by atoms with E-state index in [1.807, 2.05) is 12.1 Å². The van der Waals surface area contributed by atoms with Crippen molar-refractivity contribution in [1.29, 1.82) is 0 Å². The van der Waals surface area contributed by atoms with Gasteiger partial charge in [0.1, 0.15) is 0 Å². The van der Waals surface area contributed by atoms with E-state index < -0.39 is 0 Å². The molecular formula is C16H26ClN. The molecule has 1 nitrogen and oxygen atoms in total. The highest BCUT2D eigenvalue weighted by Gasteiger charge is 2.14. The number of benzene rings is 1. The van der Waals surface area contributed by atoms with Crippen molar-refractivity contribution in [2.24, 2.45) is 5.92 Å². The zero-order valence-electron chi connectivity index (χ0n) is 12.0. The summed E-state index contributed by atoms with van der Waals surface area (Å²) in [4.78, 5) is 0. The largest absolute Gasteiger partial charge is 0.307 e. The zero-order chi connectivity index (χ0) is 13.5. The standard InChI is InChI=1S/C16H26ClN/c1-5-12(3)10-16(6-2)18-13(4)14-8-7-9-15(17)11-14/h7-9,11-13,16,18H,5-6,10H2,1-4H3/t12?,13-,16?/m1/s1. The van der Waals surface area contributed by atoms with Gasteiger partial charge in [-0.15, -0.1) is 0 Å². The van der Waals surface area contributed by atoms with E-state index >= 15 is 0 Å². The molecule has 0 saturated heterocycles. The first kappa shape index (κ1) is 15.5. The molecule has 1 N–H and O–H groups in total. The maximum Gasteiger partial charge on any atom is 0.0409 e. The van der Waals surface area contributed by atoms with Gasteiger partial charge in [0, 0.05) is 17.1 Å². The highest BCUT2D eigenvalue weighted by molar-refractivity contribution is 6.30. The maximum absolute atomic E-state index is 6.04. The Morgan fingerprint density at radius 1 is 1.17 bits per heavy atom. The van der Waals surface area contributed by atoms with Gasteiger partial charge in [-0.05, 0) is 43.4 Å². The maximum atomic E-state index is 6.04. The second-order valence-electron chi connectivity index (χ2n) is 5.30. The zero-order valence-corrected chi connectivity index (χ0v) is 12.8. The Balaban J connectivity index is 2.59. The highest BCUT2D eigenvalue weighted by atomic mass is 35.5. The summed E-state index contributed by atoms with van der Waals surface area (Å²) in [5.74, 6) is 0.786. The van der Waals surface area contributed by atoms with Crippen molar-refractivity contribution in [3.8, 4) is 0 Å². The fraction of sp³-hybridized carbons (Fsp3) is 0.625. The number of halogens is 1. The van der Waals surface area contributed by atoms with Crippen LogP contribution in [0.1, 0.15) is 58.6 Å². The van der Waals surface area contributed by atoms with Gasteiger partial charge in [0.25, 0.3) is 0 Å². The summed E-state index contributed by atoms with van der Waals surface area (Å²) in [6, 6.07) is 9.08. The smallest absolute Gasteiger partial charge is 0.0409 e. The minimum absolute atomic E-state index is 0.359. The lowest BCUT2D eigenvalue weighted by Crippen LogP contribution is -2.32. The minimum Gasteiger partial charge on any atom is -0.307 e. The molecule has 1 rings (SSSR count). The molecule has 0 aliphatic heterocycles. The van der Waals surface area contributed by atoms with Crippen molar-refractivity contribution >= 4 is 11.6 Å². The number of hydrogen-bond donors (Lipinski definition) is 1. The predicted molar refractivity (Wildman–Crippen MR) is 81.2 cm³/mol. The van der Waals surface area contributed by atoms with Crippen molar-refractivity contribution in [2.45, 2.75) is 59.0 Å². The molecule has 0 saturated carbocycles. The molecule has 2 unspecified atom stereocenters. The molecule has 1 aromatic rings. The van der Waals surface area contributed by atoms with Crippen LogP contribution in [0.25, 0.3) is 0 Å². The van der Waals surface area contributed by atoms with E-state index in [1.165, 1.54) is 24.8 Å². The van der Waals surface area contributed by atoms with Crippen molar-refractivity contribution in [1.82, 2.24) is 5.32 Å². The fourth-order valence-corrected chi connectivity index (χ4v) is 2.43. The summed E-state index contributed by atoms with van der Waals surface area (Å²) in [5.41, 5.74) is 1.27. The molecule has 0 bridgehead atoms. The molecule has 1 aromatic carbocycles. The van der Waals surface area contributed by atoms with Crippen molar-refractivity contribution in [3.63, 3.8) is 0 Å². The highest BCUT2D eigenvalue weighted by Crippen LogP contribution is 2.20. The van der Waals surface area contributed by atoms with E-state index in [0.29, 0.717) is 12.1 Å². The molecule has 0 aliphatic rings.